The molecule has 0 radical (unpaired) electrons. The number of hydrogen-bond acceptors (Lipinski definition) is 4. The van der Waals surface area contributed by atoms with Gasteiger partial charge in [0.2, 0.25) is 5.91 Å². The minimum Gasteiger partial charge on any atom is -0.279 e. The molecule has 1 aliphatic heterocycles. The number of hydrogen-bond donors (Lipinski definition) is 1. The summed E-state index contributed by atoms with van der Waals surface area (Å²) in [4.78, 5) is 12.8. The van der Waals surface area contributed by atoms with Crippen LogP contribution in [-0.2, 0) is 14.8 Å². The maximum Gasteiger partial charge on any atom is 0.261 e. The fourth-order valence-corrected chi connectivity index (χ4v) is 4.76. The van der Waals surface area contributed by atoms with Crippen LogP contribution in [0.25, 0.3) is 6.08 Å². The van der Waals surface area contributed by atoms with Gasteiger partial charge in [-0.25, -0.2) is 13.4 Å². The molecule has 3 aromatic carbocycles. The van der Waals surface area contributed by atoms with Gasteiger partial charge in [-0.3, -0.25) is 9.52 Å². The molecule has 1 amide bonds. The third-order valence-corrected chi connectivity index (χ3v) is 6.73. The zero-order chi connectivity index (χ0) is 23.3. The Hall–Kier alpha value is -3.71. The van der Waals surface area contributed by atoms with Crippen LogP contribution < -0.4 is 4.72 Å². The van der Waals surface area contributed by atoms with Crippen molar-refractivity contribution in [2.24, 2.45) is 5.10 Å². The van der Waals surface area contributed by atoms with E-state index in [0.717, 1.165) is 5.56 Å². The normalized spacial score (nSPS) is 16.1. The van der Waals surface area contributed by atoms with Crippen molar-refractivity contribution in [3.05, 3.63) is 102 Å². The monoisotopic (exact) mass is 459 g/mol. The van der Waals surface area contributed by atoms with Crippen LogP contribution >= 0.6 is 0 Å². The van der Waals surface area contributed by atoms with Crippen molar-refractivity contribution < 1.29 is 13.2 Å². The molecule has 1 N–H and O–H groups in total. The highest BCUT2D eigenvalue weighted by Gasteiger charge is 2.30. The molecule has 3 aromatic rings. The van der Waals surface area contributed by atoms with Gasteiger partial charge in [0.25, 0.3) is 10.0 Å². The Morgan fingerprint density at radius 1 is 1.00 bits per heavy atom. The first-order valence-corrected chi connectivity index (χ1v) is 12.3. The van der Waals surface area contributed by atoms with Gasteiger partial charge < -0.3 is 0 Å². The largest absolute Gasteiger partial charge is 0.279 e. The average Bonchev–Trinajstić information content (AvgIpc) is 3.27. The molecular formula is C26H25N3O3S. The molecule has 0 spiro atoms. The molecule has 7 heteroatoms. The Balaban J connectivity index is 1.63. The van der Waals surface area contributed by atoms with E-state index in [-0.39, 0.29) is 16.8 Å². The molecule has 1 aliphatic rings. The van der Waals surface area contributed by atoms with E-state index in [2.05, 4.69) is 9.82 Å². The summed E-state index contributed by atoms with van der Waals surface area (Å²) in [6.07, 6.45) is 4.76. The van der Waals surface area contributed by atoms with E-state index in [1.54, 1.807) is 49.4 Å². The van der Waals surface area contributed by atoms with Crippen molar-refractivity contribution in [3.8, 4) is 0 Å². The number of nitrogens with one attached hydrogen (secondary N) is 1. The zero-order valence-corrected chi connectivity index (χ0v) is 19.1. The molecule has 1 heterocycles. The molecule has 4 rings (SSSR count). The van der Waals surface area contributed by atoms with Crippen molar-refractivity contribution in [2.75, 3.05) is 4.72 Å². The second-order valence-electron chi connectivity index (χ2n) is 7.64. The predicted molar refractivity (Wildman–Crippen MR) is 131 cm³/mol. The Kier molecular flexibility index (Phi) is 6.70. The molecule has 0 saturated heterocycles. The number of nitrogens with zero attached hydrogens (tertiary/aromatic N) is 2. The van der Waals surface area contributed by atoms with Crippen LogP contribution in [0.15, 0.2) is 101 Å². The standard InChI is InChI=1S/C26H25N3O3S/c1-2-26(30)29-21(18-17-20-11-5-3-6-12-20)19-25(27-29)23-15-9-10-16-24(23)28-33(31,32)22-13-7-4-8-14-22/h3-18,21,28H,2,19H2,1H3/b18-17+/t21-/m1/s1. The van der Waals surface area contributed by atoms with E-state index >= 15 is 0 Å². The lowest BCUT2D eigenvalue weighted by Crippen LogP contribution is -2.30. The fourth-order valence-electron chi connectivity index (χ4n) is 3.66. The predicted octanol–water partition coefficient (Wildman–Crippen LogP) is 4.92. The number of anilines is 1. The first kappa shape index (κ1) is 22.5. The van der Waals surface area contributed by atoms with Crippen molar-refractivity contribution in [3.63, 3.8) is 0 Å². The number of carbonyl (C=O) groups excluding carboxylic acids is 1. The van der Waals surface area contributed by atoms with E-state index < -0.39 is 10.0 Å². The van der Waals surface area contributed by atoms with Crippen LogP contribution in [-0.4, -0.2) is 31.1 Å². The van der Waals surface area contributed by atoms with E-state index in [9.17, 15) is 13.2 Å². The third kappa shape index (κ3) is 5.21. The molecule has 0 saturated carbocycles. The maximum absolute atomic E-state index is 12.9. The van der Waals surface area contributed by atoms with Gasteiger partial charge >= 0.3 is 0 Å². The second kappa shape index (κ2) is 9.83. The highest BCUT2D eigenvalue weighted by Crippen LogP contribution is 2.28. The summed E-state index contributed by atoms with van der Waals surface area (Å²) in [6.45, 7) is 1.80. The van der Waals surface area contributed by atoms with Crippen LogP contribution in [0.3, 0.4) is 0 Å². The minimum absolute atomic E-state index is 0.0879. The fraction of sp³-hybridized carbons (Fsp3) is 0.154. The van der Waals surface area contributed by atoms with Crippen LogP contribution in [0.1, 0.15) is 30.9 Å². The van der Waals surface area contributed by atoms with Crippen LogP contribution in [0.4, 0.5) is 5.69 Å². The Morgan fingerprint density at radius 3 is 2.33 bits per heavy atom. The zero-order valence-electron chi connectivity index (χ0n) is 18.3. The molecule has 0 aliphatic carbocycles. The molecule has 33 heavy (non-hydrogen) atoms. The van der Waals surface area contributed by atoms with Gasteiger partial charge in [0, 0.05) is 18.4 Å². The molecule has 0 bridgehead atoms. The highest BCUT2D eigenvalue weighted by atomic mass is 32.2. The van der Waals surface area contributed by atoms with Gasteiger partial charge in [0.05, 0.1) is 22.3 Å². The van der Waals surface area contributed by atoms with E-state index in [4.69, 9.17) is 0 Å². The van der Waals surface area contributed by atoms with E-state index in [0.29, 0.717) is 29.8 Å². The summed E-state index contributed by atoms with van der Waals surface area (Å²) < 4.78 is 28.4. The van der Waals surface area contributed by atoms with Crippen molar-refractivity contribution in [1.29, 1.82) is 0 Å². The topological polar surface area (TPSA) is 78.8 Å². The molecule has 0 fully saturated rings. The summed E-state index contributed by atoms with van der Waals surface area (Å²) in [7, 11) is -3.76. The average molecular weight is 460 g/mol. The number of sulfonamides is 1. The third-order valence-electron chi connectivity index (χ3n) is 5.35. The minimum atomic E-state index is -3.76. The van der Waals surface area contributed by atoms with Crippen LogP contribution in [0.5, 0.6) is 0 Å². The van der Waals surface area contributed by atoms with Gasteiger partial charge in [-0.2, -0.15) is 5.10 Å². The van der Waals surface area contributed by atoms with Gasteiger partial charge in [0.1, 0.15) is 0 Å². The molecule has 0 unspecified atom stereocenters. The summed E-state index contributed by atoms with van der Waals surface area (Å²) in [5.74, 6) is -0.0879. The SMILES string of the molecule is CCC(=O)N1N=C(c2ccccc2NS(=O)(=O)c2ccccc2)C[C@H]1/C=C/c1ccccc1. The Labute approximate surface area is 194 Å². The van der Waals surface area contributed by atoms with Crippen molar-refractivity contribution >= 4 is 33.4 Å². The summed E-state index contributed by atoms with van der Waals surface area (Å²) in [5, 5.41) is 6.10. The lowest BCUT2D eigenvalue weighted by Gasteiger charge is -2.17. The van der Waals surface area contributed by atoms with Gasteiger partial charge in [-0.15, -0.1) is 0 Å². The number of para-hydroxylation sites is 1. The molecule has 168 valence electrons. The molecule has 6 nitrogen and oxygen atoms in total. The number of rotatable bonds is 7. The summed E-state index contributed by atoms with van der Waals surface area (Å²) in [6, 6.07) is 25.0. The quantitative estimate of drug-likeness (QED) is 0.545. The van der Waals surface area contributed by atoms with Crippen LogP contribution in [0, 0.1) is 0 Å². The Bertz CT molecular complexity index is 1290. The second-order valence-corrected chi connectivity index (χ2v) is 9.33. The smallest absolute Gasteiger partial charge is 0.261 e. The van der Waals surface area contributed by atoms with Crippen molar-refractivity contribution in [2.45, 2.75) is 30.7 Å². The summed E-state index contributed by atoms with van der Waals surface area (Å²) >= 11 is 0. The van der Waals surface area contributed by atoms with E-state index in [1.807, 2.05) is 54.6 Å². The van der Waals surface area contributed by atoms with Crippen molar-refractivity contribution in [1.82, 2.24) is 5.01 Å². The van der Waals surface area contributed by atoms with Gasteiger partial charge in [-0.1, -0.05) is 85.8 Å². The number of benzene rings is 3. The first-order chi connectivity index (χ1) is 16.0. The number of carbonyl (C=O) groups is 1. The number of amides is 1. The number of hydrazone groups is 1. The molecular weight excluding hydrogens is 434 g/mol. The van der Waals surface area contributed by atoms with Gasteiger partial charge in [-0.05, 0) is 23.8 Å². The molecule has 1 atom stereocenters. The highest BCUT2D eigenvalue weighted by molar-refractivity contribution is 7.92. The summed E-state index contributed by atoms with van der Waals surface area (Å²) in [5.41, 5.74) is 2.77. The lowest BCUT2D eigenvalue weighted by atomic mass is 10.0. The maximum atomic E-state index is 12.9. The molecule has 0 aromatic heterocycles. The van der Waals surface area contributed by atoms with Crippen LogP contribution in [0.2, 0.25) is 0 Å². The van der Waals surface area contributed by atoms with Gasteiger partial charge in [0.15, 0.2) is 0 Å². The lowest BCUT2D eigenvalue weighted by molar-refractivity contribution is -0.131. The van der Waals surface area contributed by atoms with E-state index in [1.165, 1.54) is 5.01 Å². The Morgan fingerprint density at radius 2 is 1.64 bits per heavy atom. The first-order valence-electron chi connectivity index (χ1n) is 10.8.